The maximum atomic E-state index is 13.9. The topological polar surface area (TPSA) is 107 Å². The number of fused-ring (bicyclic) bond motifs is 4. The van der Waals surface area contributed by atoms with Crippen molar-refractivity contribution in [2.75, 3.05) is 46.4 Å². The smallest absolute Gasteiger partial charge is 0.410 e. The maximum Gasteiger partial charge on any atom is 0.410 e. The van der Waals surface area contributed by atoms with Crippen molar-refractivity contribution in [3.63, 3.8) is 0 Å². The molecule has 234 valence electrons. The highest BCUT2D eigenvalue weighted by Crippen LogP contribution is 2.38. The van der Waals surface area contributed by atoms with Gasteiger partial charge in [-0.05, 0) is 75.9 Å². The molecule has 0 saturated carbocycles. The van der Waals surface area contributed by atoms with Gasteiger partial charge in [-0.1, -0.05) is 11.6 Å². The number of benzene rings is 1. The number of carbonyl (C=O) groups is 2. The second-order valence-electron chi connectivity index (χ2n) is 13.5. The Kier molecular flexibility index (Phi) is 7.45. The van der Waals surface area contributed by atoms with Crippen molar-refractivity contribution in [3.05, 3.63) is 46.2 Å². The molecular weight excluding hydrogens is 582 g/mol. The normalized spacial score (nSPS) is 24.1. The van der Waals surface area contributed by atoms with E-state index < -0.39 is 5.60 Å². The number of urea groups is 1. The summed E-state index contributed by atoms with van der Waals surface area (Å²) in [5, 5.41) is 0.510. The summed E-state index contributed by atoms with van der Waals surface area (Å²) in [5.74, 6) is 0. The summed E-state index contributed by atoms with van der Waals surface area (Å²) in [5.41, 5.74) is 5.32. The molecule has 6 heterocycles. The Morgan fingerprint density at radius 1 is 1.11 bits per heavy atom. The fraction of sp³-hybridized carbons (Fsp3) is 0.562. The highest BCUT2D eigenvalue weighted by molar-refractivity contribution is 6.34. The minimum atomic E-state index is -0.632. The minimum absolute atomic E-state index is 0.0954. The van der Waals surface area contributed by atoms with Crippen molar-refractivity contribution < 1.29 is 19.1 Å². The van der Waals surface area contributed by atoms with Gasteiger partial charge in [0.25, 0.3) is 0 Å². The number of morpholine rings is 1. The van der Waals surface area contributed by atoms with Crippen LogP contribution in [0.5, 0.6) is 0 Å². The molecule has 2 bridgehead atoms. The molecule has 44 heavy (non-hydrogen) atoms. The van der Waals surface area contributed by atoms with Gasteiger partial charge in [-0.2, -0.15) is 0 Å². The Morgan fingerprint density at radius 2 is 1.89 bits per heavy atom. The van der Waals surface area contributed by atoms with Crippen LogP contribution in [0.25, 0.3) is 22.4 Å². The van der Waals surface area contributed by atoms with Crippen molar-refractivity contribution >= 4 is 34.9 Å². The molecule has 11 nitrogen and oxygen atoms in total. The van der Waals surface area contributed by atoms with E-state index in [-0.39, 0.29) is 18.2 Å². The molecule has 4 aliphatic heterocycles. The number of nitrogens with one attached hydrogen (secondary N) is 1. The SMILES string of the molecule is CN1C2CCC1CN(C(=O)N1CCc3cc(-c4cnc5[nH]cc(Cl)c5n4)cc([C@@H]4COCCN4C(=O)OC(C)(C)C)c3C1)C2. The summed E-state index contributed by atoms with van der Waals surface area (Å²) in [6.07, 6.45) is 6.04. The first-order chi connectivity index (χ1) is 21.1. The van der Waals surface area contributed by atoms with Gasteiger partial charge in [0.05, 0.1) is 36.2 Å². The van der Waals surface area contributed by atoms with E-state index in [0.717, 1.165) is 48.2 Å². The number of likely N-dealkylation sites (N-methyl/N-ethyl adjacent to an activating group) is 1. The molecule has 1 N–H and O–H groups in total. The van der Waals surface area contributed by atoms with Crippen LogP contribution in [0.2, 0.25) is 5.02 Å². The van der Waals surface area contributed by atoms with Crippen LogP contribution >= 0.6 is 11.6 Å². The Morgan fingerprint density at radius 3 is 2.64 bits per heavy atom. The molecule has 3 amide bonds. The first-order valence-corrected chi connectivity index (χ1v) is 15.9. The van der Waals surface area contributed by atoms with Gasteiger partial charge in [0.1, 0.15) is 11.1 Å². The summed E-state index contributed by atoms with van der Waals surface area (Å²) in [4.78, 5) is 48.1. The van der Waals surface area contributed by atoms with Crippen LogP contribution in [0.15, 0.2) is 24.5 Å². The molecule has 3 atom stereocenters. The lowest BCUT2D eigenvalue weighted by atomic mass is 9.87. The van der Waals surface area contributed by atoms with Crippen LogP contribution < -0.4 is 0 Å². The van der Waals surface area contributed by atoms with Crippen molar-refractivity contribution in [1.82, 2.24) is 34.6 Å². The molecule has 3 fully saturated rings. The van der Waals surface area contributed by atoms with E-state index in [4.69, 9.17) is 26.1 Å². The zero-order chi connectivity index (χ0) is 30.7. The number of hydrogen-bond donors (Lipinski definition) is 1. The van der Waals surface area contributed by atoms with Gasteiger partial charge in [0.2, 0.25) is 0 Å². The van der Waals surface area contributed by atoms with Crippen LogP contribution in [-0.2, 0) is 22.4 Å². The lowest BCUT2D eigenvalue weighted by molar-refractivity contribution is -0.0334. The summed E-state index contributed by atoms with van der Waals surface area (Å²) >= 11 is 6.39. The van der Waals surface area contributed by atoms with Gasteiger partial charge in [0.15, 0.2) is 5.65 Å². The number of amides is 3. The molecule has 0 radical (unpaired) electrons. The number of rotatable bonds is 2. The summed E-state index contributed by atoms with van der Waals surface area (Å²) in [7, 11) is 2.18. The second-order valence-corrected chi connectivity index (χ2v) is 13.9. The third kappa shape index (κ3) is 5.39. The zero-order valence-electron chi connectivity index (χ0n) is 25.8. The van der Waals surface area contributed by atoms with Gasteiger partial charge in [-0.15, -0.1) is 0 Å². The Balaban J connectivity index is 1.26. The molecule has 3 saturated heterocycles. The molecule has 3 aromatic rings. The molecule has 2 unspecified atom stereocenters. The molecular formula is C32H40ClN7O4. The minimum Gasteiger partial charge on any atom is -0.444 e. The van der Waals surface area contributed by atoms with Gasteiger partial charge in [0, 0.05) is 56.6 Å². The number of nitrogens with zero attached hydrogens (tertiary/aromatic N) is 6. The molecule has 0 spiro atoms. The van der Waals surface area contributed by atoms with Crippen LogP contribution in [-0.4, -0.2) is 111 Å². The first-order valence-electron chi connectivity index (χ1n) is 15.5. The van der Waals surface area contributed by atoms with E-state index in [1.54, 1.807) is 17.3 Å². The van der Waals surface area contributed by atoms with Gasteiger partial charge in [-0.25, -0.2) is 19.6 Å². The van der Waals surface area contributed by atoms with Gasteiger partial charge >= 0.3 is 12.1 Å². The maximum absolute atomic E-state index is 13.9. The molecule has 0 aliphatic carbocycles. The quantitative estimate of drug-likeness (QED) is 0.436. The summed E-state index contributed by atoms with van der Waals surface area (Å²) in [6.45, 7) is 9.44. The zero-order valence-corrected chi connectivity index (χ0v) is 26.6. The number of ether oxygens (including phenoxy) is 2. The third-order valence-electron chi connectivity index (χ3n) is 9.51. The third-order valence-corrected chi connectivity index (χ3v) is 9.80. The van der Waals surface area contributed by atoms with Crippen LogP contribution in [0.1, 0.15) is 56.3 Å². The largest absolute Gasteiger partial charge is 0.444 e. The fourth-order valence-corrected chi connectivity index (χ4v) is 7.36. The average Bonchev–Trinajstić information content (AvgIpc) is 3.45. The summed E-state index contributed by atoms with van der Waals surface area (Å²) in [6, 6.07) is 4.81. The number of likely N-dealkylation sites (tertiary alicyclic amines) is 1. The van der Waals surface area contributed by atoms with Crippen LogP contribution in [0, 0.1) is 0 Å². The monoisotopic (exact) mass is 621 g/mol. The van der Waals surface area contributed by atoms with E-state index in [0.29, 0.717) is 73.2 Å². The lowest BCUT2D eigenvalue weighted by Crippen LogP contribution is -2.57. The van der Waals surface area contributed by atoms with E-state index in [2.05, 4.69) is 34.0 Å². The van der Waals surface area contributed by atoms with Gasteiger partial charge < -0.3 is 24.3 Å². The van der Waals surface area contributed by atoms with Crippen molar-refractivity contribution in [1.29, 1.82) is 0 Å². The molecule has 1 aromatic carbocycles. The highest BCUT2D eigenvalue weighted by Gasteiger charge is 2.41. The summed E-state index contributed by atoms with van der Waals surface area (Å²) < 4.78 is 11.8. The van der Waals surface area contributed by atoms with Crippen molar-refractivity contribution in [2.24, 2.45) is 0 Å². The number of aromatic nitrogens is 3. The Hall–Kier alpha value is -3.41. The number of piperazine rings is 1. The lowest BCUT2D eigenvalue weighted by Gasteiger charge is -2.43. The molecule has 7 rings (SSSR count). The Labute approximate surface area is 262 Å². The van der Waals surface area contributed by atoms with Crippen molar-refractivity contribution in [3.8, 4) is 11.3 Å². The number of H-pyrrole nitrogens is 1. The van der Waals surface area contributed by atoms with Crippen molar-refractivity contribution in [2.45, 2.75) is 70.3 Å². The molecule has 2 aromatic heterocycles. The van der Waals surface area contributed by atoms with E-state index in [1.807, 2.05) is 30.6 Å². The van der Waals surface area contributed by atoms with Crippen LogP contribution in [0.3, 0.4) is 0 Å². The second kappa shape index (κ2) is 11.2. The molecule has 12 heteroatoms. The Bertz CT molecular complexity index is 1590. The number of carbonyl (C=O) groups excluding carboxylic acids is 2. The standard InChI is InChI=1S/C32H40ClN7O4/c1-32(2,3)44-31(42)40-9-10-43-18-27(40)23-12-20(26-14-35-29-28(36-26)25(33)13-34-29)11-19-7-8-38(17-24(19)23)30(41)39-15-21-5-6-22(16-39)37(21)4/h11-14,21-22,27H,5-10,15-18H2,1-4H3,(H,34,35)/t21?,22?,27-/m0/s1. The number of hydrogen-bond acceptors (Lipinski definition) is 7. The average molecular weight is 622 g/mol. The van der Waals surface area contributed by atoms with Crippen LogP contribution in [0.4, 0.5) is 9.59 Å². The predicted octanol–water partition coefficient (Wildman–Crippen LogP) is 4.84. The van der Waals surface area contributed by atoms with E-state index >= 15 is 0 Å². The number of aromatic amines is 1. The fourth-order valence-electron chi connectivity index (χ4n) is 7.18. The number of halogens is 1. The van der Waals surface area contributed by atoms with Gasteiger partial charge in [-0.3, -0.25) is 9.80 Å². The predicted molar refractivity (Wildman–Crippen MR) is 166 cm³/mol. The van der Waals surface area contributed by atoms with E-state index in [9.17, 15) is 9.59 Å². The highest BCUT2D eigenvalue weighted by atomic mass is 35.5. The van der Waals surface area contributed by atoms with E-state index in [1.165, 1.54) is 0 Å². The molecule has 4 aliphatic rings. The first kappa shape index (κ1) is 29.3.